The van der Waals surface area contributed by atoms with E-state index in [1.165, 1.54) is 6.20 Å². The van der Waals surface area contributed by atoms with Crippen LogP contribution < -0.4 is 20.1 Å². The zero-order valence-corrected chi connectivity index (χ0v) is 15.4. The Morgan fingerprint density at radius 2 is 2.04 bits per heavy atom. The van der Waals surface area contributed by atoms with Crippen LogP contribution in [0.4, 0.5) is 0 Å². The van der Waals surface area contributed by atoms with Gasteiger partial charge in [-0.1, -0.05) is 12.1 Å². The summed E-state index contributed by atoms with van der Waals surface area (Å²) in [6.45, 7) is 0.883. The summed E-state index contributed by atoms with van der Waals surface area (Å²) in [5, 5.41) is 14.9. The van der Waals surface area contributed by atoms with Crippen molar-refractivity contribution in [2.75, 3.05) is 20.8 Å². The highest BCUT2D eigenvalue weighted by molar-refractivity contribution is 5.97. The molecule has 0 saturated carbocycles. The van der Waals surface area contributed by atoms with Crippen LogP contribution in [-0.4, -0.2) is 31.7 Å². The Kier molecular flexibility index (Phi) is 7.67. The standard InChI is InChI=1S/C20H22N4O3/c1-26-18-6-5-15(10-19(18)27-2)7-9-24-20(25)17(11-21)14-23-13-16-4-3-8-22-12-16/h3-6,8,10,12,14,23H,7,9,13H2,1-2H3,(H,24,25)/b17-14-. The number of methoxy groups -OCH3 is 2. The van der Waals surface area contributed by atoms with Crippen LogP contribution in [0, 0.1) is 11.3 Å². The minimum atomic E-state index is -0.420. The normalized spacial score (nSPS) is 10.6. The lowest BCUT2D eigenvalue weighted by Gasteiger charge is -2.10. The Hall–Kier alpha value is -3.53. The van der Waals surface area contributed by atoms with E-state index in [4.69, 9.17) is 9.47 Å². The molecule has 1 aromatic heterocycles. The third kappa shape index (κ3) is 6.04. The Morgan fingerprint density at radius 1 is 1.22 bits per heavy atom. The van der Waals surface area contributed by atoms with Crippen molar-refractivity contribution in [2.45, 2.75) is 13.0 Å². The third-order valence-corrected chi connectivity index (χ3v) is 3.79. The molecule has 0 aliphatic rings. The fourth-order valence-electron chi connectivity index (χ4n) is 2.37. The van der Waals surface area contributed by atoms with Crippen LogP contribution in [0.2, 0.25) is 0 Å². The maximum atomic E-state index is 12.1. The summed E-state index contributed by atoms with van der Waals surface area (Å²) >= 11 is 0. The minimum absolute atomic E-state index is 0.0196. The monoisotopic (exact) mass is 366 g/mol. The largest absolute Gasteiger partial charge is 0.493 e. The number of hydrogen-bond acceptors (Lipinski definition) is 6. The summed E-state index contributed by atoms with van der Waals surface area (Å²) in [6.07, 6.45) is 5.43. The Balaban J connectivity index is 1.84. The SMILES string of the molecule is COc1ccc(CCNC(=O)/C(C#N)=C\NCc2cccnc2)cc1OC. The highest BCUT2D eigenvalue weighted by atomic mass is 16.5. The lowest BCUT2D eigenvalue weighted by molar-refractivity contribution is -0.117. The van der Waals surface area contributed by atoms with Crippen LogP contribution in [0.3, 0.4) is 0 Å². The van der Waals surface area contributed by atoms with Crippen molar-refractivity contribution in [2.24, 2.45) is 0 Å². The first-order valence-electron chi connectivity index (χ1n) is 8.39. The third-order valence-electron chi connectivity index (χ3n) is 3.79. The second-order valence-electron chi connectivity index (χ2n) is 5.61. The fourth-order valence-corrected chi connectivity index (χ4v) is 2.37. The second-order valence-corrected chi connectivity index (χ2v) is 5.61. The number of benzene rings is 1. The zero-order valence-electron chi connectivity index (χ0n) is 15.4. The number of amides is 1. The van der Waals surface area contributed by atoms with Gasteiger partial charge >= 0.3 is 0 Å². The van der Waals surface area contributed by atoms with E-state index < -0.39 is 5.91 Å². The Labute approximate surface area is 158 Å². The van der Waals surface area contributed by atoms with Gasteiger partial charge in [-0.2, -0.15) is 5.26 Å². The smallest absolute Gasteiger partial charge is 0.263 e. The minimum Gasteiger partial charge on any atom is -0.493 e. The maximum Gasteiger partial charge on any atom is 0.263 e. The van der Waals surface area contributed by atoms with Crippen molar-refractivity contribution in [3.8, 4) is 17.6 Å². The molecule has 27 heavy (non-hydrogen) atoms. The molecule has 0 bridgehead atoms. The van der Waals surface area contributed by atoms with Gasteiger partial charge in [0.1, 0.15) is 11.6 Å². The van der Waals surface area contributed by atoms with Gasteiger partial charge in [0.2, 0.25) is 0 Å². The molecule has 2 rings (SSSR count). The van der Waals surface area contributed by atoms with Crippen LogP contribution in [0.15, 0.2) is 54.5 Å². The first-order chi connectivity index (χ1) is 13.2. The van der Waals surface area contributed by atoms with Gasteiger partial charge in [-0.25, -0.2) is 0 Å². The molecule has 0 saturated heterocycles. The number of nitriles is 1. The van der Waals surface area contributed by atoms with Gasteiger partial charge in [0, 0.05) is 31.7 Å². The topological polar surface area (TPSA) is 96.3 Å². The average molecular weight is 366 g/mol. The molecule has 0 aliphatic heterocycles. The van der Waals surface area contributed by atoms with Gasteiger partial charge in [-0.15, -0.1) is 0 Å². The number of carbonyl (C=O) groups is 1. The predicted octanol–water partition coefficient (Wildman–Crippen LogP) is 1.95. The van der Waals surface area contributed by atoms with Gasteiger partial charge in [-0.3, -0.25) is 9.78 Å². The average Bonchev–Trinajstić information content (AvgIpc) is 2.71. The molecule has 0 fully saturated rings. The summed E-state index contributed by atoms with van der Waals surface area (Å²) in [5.74, 6) is 0.870. The molecular weight excluding hydrogens is 344 g/mol. The van der Waals surface area contributed by atoms with Gasteiger partial charge in [0.25, 0.3) is 5.91 Å². The molecule has 140 valence electrons. The van der Waals surface area contributed by atoms with Crippen molar-refractivity contribution in [1.29, 1.82) is 5.26 Å². The highest BCUT2D eigenvalue weighted by Crippen LogP contribution is 2.27. The van der Waals surface area contributed by atoms with E-state index in [-0.39, 0.29) is 5.57 Å². The fraction of sp³-hybridized carbons (Fsp3) is 0.250. The predicted molar refractivity (Wildman–Crippen MR) is 101 cm³/mol. The zero-order chi connectivity index (χ0) is 19.5. The number of hydrogen-bond donors (Lipinski definition) is 2. The molecule has 2 aromatic rings. The van der Waals surface area contributed by atoms with E-state index in [1.54, 1.807) is 26.6 Å². The van der Waals surface area contributed by atoms with E-state index in [0.717, 1.165) is 11.1 Å². The molecule has 0 radical (unpaired) electrons. The Morgan fingerprint density at radius 3 is 2.70 bits per heavy atom. The summed E-state index contributed by atoms with van der Waals surface area (Å²) < 4.78 is 10.5. The van der Waals surface area contributed by atoms with Gasteiger partial charge < -0.3 is 20.1 Å². The lowest BCUT2D eigenvalue weighted by atomic mass is 10.1. The number of pyridine rings is 1. The van der Waals surface area contributed by atoms with Crippen molar-refractivity contribution in [3.63, 3.8) is 0 Å². The molecule has 1 amide bonds. The molecule has 1 aromatic carbocycles. The van der Waals surface area contributed by atoms with E-state index in [2.05, 4.69) is 15.6 Å². The molecule has 7 heteroatoms. The number of carbonyl (C=O) groups excluding carboxylic acids is 1. The molecular formula is C20H22N4O3. The van der Waals surface area contributed by atoms with Gasteiger partial charge in [0.15, 0.2) is 11.5 Å². The molecule has 1 heterocycles. The van der Waals surface area contributed by atoms with E-state index in [9.17, 15) is 10.1 Å². The number of aromatic nitrogens is 1. The molecule has 0 unspecified atom stereocenters. The van der Waals surface area contributed by atoms with Gasteiger partial charge in [-0.05, 0) is 35.7 Å². The van der Waals surface area contributed by atoms with Crippen LogP contribution >= 0.6 is 0 Å². The highest BCUT2D eigenvalue weighted by Gasteiger charge is 2.09. The Bertz CT molecular complexity index is 829. The first-order valence-corrected chi connectivity index (χ1v) is 8.39. The van der Waals surface area contributed by atoms with E-state index >= 15 is 0 Å². The maximum absolute atomic E-state index is 12.1. The molecule has 2 N–H and O–H groups in total. The number of rotatable bonds is 9. The number of nitrogens with zero attached hydrogens (tertiary/aromatic N) is 2. The van der Waals surface area contributed by atoms with Crippen molar-refractivity contribution in [1.82, 2.24) is 15.6 Å². The summed E-state index contributed by atoms with van der Waals surface area (Å²) in [6, 6.07) is 11.2. The quantitative estimate of drug-likeness (QED) is 0.520. The molecule has 0 aliphatic carbocycles. The first kappa shape index (κ1) is 19.8. The number of ether oxygens (including phenoxy) is 2. The van der Waals surface area contributed by atoms with Crippen molar-refractivity contribution >= 4 is 5.91 Å². The second kappa shape index (κ2) is 10.5. The van der Waals surface area contributed by atoms with Gasteiger partial charge in [0.05, 0.1) is 14.2 Å². The number of nitrogens with one attached hydrogen (secondary N) is 2. The van der Waals surface area contributed by atoms with Crippen molar-refractivity contribution < 1.29 is 14.3 Å². The van der Waals surface area contributed by atoms with Crippen molar-refractivity contribution in [3.05, 3.63) is 65.6 Å². The lowest BCUT2D eigenvalue weighted by Crippen LogP contribution is -2.27. The van der Waals surface area contributed by atoms with Crippen LogP contribution in [0.25, 0.3) is 0 Å². The van der Waals surface area contributed by atoms with E-state index in [0.29, 0.717) is 31.0 Å². The van der Waals surface area contributed by atoms with Crippen LogP contribution in [0.5, 0.6) is 11.5 Å². The molecule has 0 spiro atoms. The summed E-state index contributed by atoms with van der Waals surface area (Å²) in [5.41, 5.74) is 1.97. The summed E-state index contributed by atoms with van der Waals surface area (Å²) in [7, 11) is 3.15. The van der Waals surface area contributed by atoms with Crippen LogP contribution in [0.1, 0.15) is 11.1 Å². The molecule has 0 atom stereocenters. The van der Waals surface area contributed by atoms with Crippen LogP contribution in [-0.2, 0) is 17.8 Å². The molecule has 7 nitrogen and oxygen atoms in total. The van der Waals surface area contributed by atoms with E-state index in [1.807, 2.05) is 36.4 Å². The summed E-state index contributed by atoms with van der Waals surface area (Å²) in [4.78, 5) is 16.1.